The lowest BCUT2D eigenvalue weighted by molar-refractivity contribution is -0.122. The van der Waals surface area contributed by atoms with Crippen molar-refractivity contribution in [3.05, 3.63) is 28.7 Å². The molecular weight excluding hydrogens is 454 g/mol. The van der Waals surface area contributed by atoms with Gasteiger partial charge < -0.3 is 0 Å². The topological polar surface area (TPSA) is 37.4 Å². The number of rotatable bonds is 1. The van der Waals surface area contributed by atoms with E-state index in [1.54, 1.807) is 12.1 Å². The first-order chi connectivity index (χ1) is 9.49. The average Bonchev–Trinajstić information content (AvgIpc) is 2.65. The second-order valence-corrected chi connectivity index (χ2v) is 8.47. The Morgan fingerprint density at radius 2 is 1.35 bits per heavy atom. The average molecular weight is 466 g/mol. The highest BCUT2D eigenvalue weighted by molar-refractivity contribution is 9.12. The lowest BCUT2D eigenvalue weighted by atomic mass is 9.81. The monoisotopic (exact) mass is 463 g/mol. The number of hydrogen-bond acceptors (Lipinski definition) is 2. The number of fused-ring (bicyclic) bond motifs is 1. The molecule has 4 atom stereocenters. The van der Waals surface area contributed by atoms with E-state index < -0.39 is 0 Å². The van der Waals surface area contributed by atoms with Gasteiger partial charge in [-0.15, -0.1) is 0 Å². The van der Waals surface area contributed by atoms with Crippen molar-refractivity contribution in [2.24, 2.45) is 11.8 Å². The van der Waals surface area contributed by atoms with Crippen LogP contribution >= 0.6 is 47.8 Å². The summed E-state index contributed by atoms with van der Waals surface area (Å²) in [5, 5.41) is 0. The zero-order valence-corrected chi connectivity index (χ0v) is 15.2. The van der Waals surface area contributed by atoms with Gasteiger partial charge in [0.25, 0.3) is 0 Å². The van der Waals surface area contributed by atoms with Crippen LogP contribution in [0, 0.1) is 11.8 Å². The number of benzene rings is 1. The molecule has 1 aliphatic heterocycles. The molecule has 1 aromatic rings. The Kier molecular flexibility index (Phi) is 4.08. The molecule has 0 N–H and O–H groups in total. The van der Waals surface area contributed by atoms with Gasteiger partial charge in [-0.1, -0.05) is 47.8 Å². The van der Waals surface area contributed by atoms with E-state index in [0.29, 0.717) is 18.5 Å². The molecule has 2 aliphatic rings. The summed E-state index contributed by atoms with van der Waals surface area (Å²) in [6.45, 7) is 0. The fraction of sp³-hybridized carbons (Fsp3) is 0.429. The lowest BCUT2D eigenvalue weighted by Crippen LogP contribution is -2.34. The summed E-state index contributed by atoms with van der Waals surface area (Å²) in [7, 11) is 0. The Balaban J connectivity index is 1.93. The third-order valence-corrected chi connectivity index (χ3v) is 7.26. The van der Waals surface area contributed by atoms with Gasteiger partial charge in [-0.05, 0) is 37.1 Å². The first-order valence-electron chi connectivity index (χ1n) is 6.40. The Bertz CT molecular complexity index is 532. The molecule has 0 bridgehead atoms. The molecule has 106 valence electrons. The van der Waals surface area contributed by atoms with Crippen molar-refractivity contribution in [1.82, 2.24) is 0 Å². The molecule has 6 heteroatoms. The second kappa shape index (κ2) is 5.54. The minimum absolute atomic E-state index is 0.0637. The molecule has 1 aromatic carbocycles. The first kappa shape index (κ1) is 14.7. The van der Waals surface area contributed by atoms with Gasteiger partial charge in [0.15, 0.2) is 0 Å². The second-order valence-electron chi connectivity index (χ2n) is 5.20. The van der Waals surface area contributed by atoms with Crippen LogP contribution in [0.3, 0.4) is 0 Å². The summed E-state index contributed by atoms with van der Waals surface area (Å²) in [4.78, 5) is 26.9. The van der Waals surface area contributed by atoms with Crippen molar-refractivity contribution >= 4 is 65.3 Å². The van der Waals surface area contributed by atoms with Crippen LogP contribution in [0.5, 0.6) is 0 Å². The molecule has 0 unspecified atom stereocenters. The number of anilines is 1. The first-order valence-corrected chi connectivity index (χ1v) is 9.03. The fourth-order valence-corrected chi connectivity index (χ4v) is 4.44. The number of alkyl halides is 2. The molecule has 0 radical (unpaired) electrons. The molecule has 1 aliphatic carbocycles. The number of imide groups is 1. The highest BCUT2D eigenvalue weighted by Gasteiger charge is 2.52. The van der Waals surface area contributed by atoms with E-state index in [1.807, 2.05) is 12.1 Å². The van der Waals surface area contributed by atoms with Gasteiger partial charge in [-0.25, -0.2) is 0 Å². The van der Waals surface area contributed by atoms with Crippen molar-refractivity contribution in [2.75, 3.05) is 4.90 Å². The lowest BCUT2D eigenvalue weighted by Gasteiger charge is -2.29. The van der Waals surface area contributed by atoms with Crippen LogP contribution in [-0.2, 0) is 9.59 Å². The SMILES string of the molecule is O=C1[C@H]2C[C@@H](Br)[C@H](Br)C[C@@H]2C(=O)N1c1ccc(Br)cc1. The normalized spacial score (nSPS) is 33.5. The van der Waals surface area contributed by atoms with E-state index in [-0.39, 0.29) is 33.3 Å². The Morgan fingerprint density at radius 1 is 0.900 bits per heavy atom. The van der Waals surface area contributed by atoms with Crippen molar-refractivity contribution in [3.63, 3.8) is 0 Å². The van der Waals surface area contributed by atoms with Gasteiger partial charge in [-0.2, -0.15) is 0 Å². The largest absolute Gasteiger partial charge is 0.274 e. The Hall–Kier alpha value is -0.200. The summed E-state index contributed by atoms with van der Waals surface area (Å²) in [5.74, 6) is -0.508. The molecule has 1 heterocycles. The van der Waals surface area contributed by atoms with Gasteiger partial charge in [0, 0.05) is 14.1 Å². The van der Waals surface area contributed by atoms with E-state index in [9.17, 15) is 9.59 Å². The maximum absolute atomic E-state index is 12.5. The number of hydrogen-bond donors (Lipinski definition) is 0. The third-order valence-electron chi connectivity index (χ3n) is 4.00. The van der Waals surface area contributed by atoms with Gasteiger partial charge in [0.1, 0.15) is 0 Å². The zero-order chi connectivity index (χ0) is 14.4. The number of carbonyl (C=O) groups excluding carboxylic acids is 2. The minimum atomic E-state index is -0.190. The molecule has 0 spiro atoms. The highest BCUT2D eigenvalue weighted by Crippen LogP contribution is 2.44. The van der Waals surface area contributed by atoms with Crippen molar-refractivity contribution in [1.29, 1.82) is 0 Å². The molecule has 2 amide bonds. The van der Waals surface area contributed by atoms with Gasteiger partial charge in [0.2, 0.25) is 11.8 Å². The quantitative estimate of drug-likeness (QED) is 0.466. The number of carbonyl (C=O) groups is 2. The third kappa shape index (κ3) is 2.40. The molecule has 1 saturated heterocycles. The molecule has 3 rings (SSSR count). The number of nitrogens with zero attached hydrogens (tertiary/aromatic N) is 1. The maximum Gasteiger partial charge on any atom is 0.237 e. The smallest absolute Gasteiger partial charge is 0.237 e. The van der Waals surface area contributed by atoms with Crippen molar-refractivity contribution in [3.8, 4) is 0 Å². The van der Waals surface area contributed by atoms with Crippen LogP contribution in [0.1, 0.15) is 12.8 Å². The molecule has 0 aromatic heterocycles. The number of halogens is 3. The molecule has 3 nitrogen and oxygen atoms in total. The molecule has 20 heavy (non-hydrogen) atoms. The van der Waals surface area contributed by atoms with Crippen LogP contribution in [-0.4, -0.2) is 21.5 Å². The molecule has 1 saturated carbocycles. The summed E-state index contributed by atoms with van der Waals surface area (Å²) in [6.07, 6.45) is 1.41. The maximum atomic E-state index is 12.5. The van der Waals surface area contributed by atoms with Crippen molar-refractivity contribution in [2.45, 2.75) is 22.5 Å². The molecule has 2 fully saturated rings. The fourth-order valence-electron chi connectivity index (χ4n) is 2.94. The van der Waals surface area contributed by atoms with E-state index in [2.05, 4.69) is 47.8 Å². The van der Waals surface area contributed by atoms with Crippen LogP contribution in [0.4, 0.5) is 5.69 Å². The van der Waals surface area contributed by atoms with E-state index in [4.69, 9.17) is 0 Å². The summed E-state index contributed by atoms with van der Waals surface area (Å²) < 4.78 is 0.929. The summed E-state index contributed by atoms with van der Waals surface area (Å²) >= 11 is 10.5. The van der Waals surface area contributed by atoms with Gasteiger partial charge in [0.05, 0.1) is 17.5 Å². The standard InChI is InChI=1S/C14H12Br3NO2/c15-7-1-3-8(4-2-7)18-13(19)9-5-11(16)12(17)6-10(9)14(18)20/h1-4,9-12H,5-6H2/t9-,10-,11+,12+/m0/s1. The highest BCUT2D eigenvalue weighted by atomic mass is 79.9. The van der Waals surface area contributed by atoms with Crippen LogP contribution < -0.4 is 4.90 Å². The van der Waals surface area contributed by atoms with E-state index in [1.165, 1.54) is 4.90 Å². The number of amides is 2. The van der Waals surface area contributed by atoms with Crippen molar-refractivity contribution < 1.29 is 9.59 Å². The summed E-state index contributed by atoms with van der Waals surface area (Å²) in [6, 6.07) is 7.29. The summed E-state index contributed by atoms with van der Waals surface area (Å²) in [5.41, 5.74) is 0.662. The predicted octanol–water partition coefficient (Wildman–Crippen LogP) is 3.88. The Morgan fingerprint density at radius 3 is 1.80 bits per heavy atom. The zero-order valence-electron chi connectivity index (χ0n) is 10.4. The van der Waals surface area contributed by atoms with Crippen LogP contribution in [0.2, 0.25) is 0 Å². The van der Waals surface area contributed by atoms with E-state index in [0.717, 1.165) is 4.47 Å². The minimum Gasteiger partial charge on any atom is -0.274 e. The van der Waals surface area contributed by atoms with E-state index >= 15 is 0 Å². The van der Waals surface area contributed by atoms with Gasteiger partial charge in [-0.3, -0.25) is 14.5 Å². The Labute approximate surface area is 142 Å². The van der Waals surface area contributed by atoms with Crippen LogP contribution in [0.15, 0.2) is 28.7 Å². The van der Waals surface area contributed by atoms with Gasteiger partial charge >= 0.3 is 0 Å². The van der Waals surface area contributed by atoms with Crippen LogP contribution in [0.25, 0.3) is 0 Å². The molecular formula is C14H12Br3NO2. The predicted molar refractivity (Wildman–Crippen MR) is 88.3 cm³/mol.